The molecular weight excluding hydrogens is 845 g/mol. The Morgan fingerprint density at radius 1 is 0.850 bits per heavy atom. The van der Waals surface area contributed by atoms with E-state index >= 15 is 0 Å². The van der Waals surface area contributed by atoms with E-state index in [0.29, 0.717) is 18.4 Å². The number of unbranched alkanes of at least 4 members (excludes halogenated alkanes) is 2. The number of hydrogen-bond donors (Lipinski definition) is 0. The van der Waals surface area contributed by atoms with Gasteiger partial charge in [-0.05, 0) is 110 Å². The smallest absolute Gasteiger partial charge is 0.748 e. The zero-order chi connectivity index (χ0) is 40.9. The number of fused-ring (bicyclic) bond motifs is 6. The predicted molar refractivity (Wildman–Crippen MR) is 228 cm³/mol. The maximum Gasteiger partial charge on any atom is 1.00 e. The Bertz CT molecular complexity index is 2690. The molecule has 7 rings (SSSR count). The molecular formula is C46H48ClN2Na3O6S2. The van der Waals surface area contributed by atoms with E-state index in [4.69, 9.17) is 11.6 Å². The number of benzene rings is 4. The van der Waals surface area contributed by atoms with Crippen molar-refractivity contribution in [1.82, 2.24) is 0 Å². The molecule has 0 saturated heterocycles. The summed E-state index contributed by atoms with van der Waals surface area (Å²) in [7, 11) is -8.99. The Morgan fingerprint density at radius 3 is 2.27 bits per heavy atom. The van der Waals surface area contributed by atoms with Gasteiger partial charge in [-0.25, -0.2) is 16.8 Å². The zero-order valence-corrected chi connectivity index (χ0v) is 44.3. The van der Waals surface area contributed by atoms with Crippen molar-refractivity contribution in [2.45, 2.75) is 88.4 Å². The molecule has 14 heteroatoms. The Labute approximate surface area is 427 Å². The molecule has 0 atom stereocenters. The summed E-state index contributed by atoms with van der Waals surface area (Å²) in [6.07, 6.45) is 13.7. The van der Waals surface area contributed by atoms with Crippen LogP contribution < -0.4 is 93.6 Å². The van der Waals surface area contributed by atoms with Crippen LogP contribution in [-0.2, 0) is 31.1 Å². The third-order valence-corrected chi connectivity index (χ3v) is 13.9. The normalized spacial score (nSPS) is 18.6. The van der Waals surface area contributed by atoms with Crippen molar-refractivity contribution in [2.75, 3.05) is 23.7 Å². The fourth-order valence-electron chi connectivity index (χ4n) is 9.07. The molecule has 2 aliphatic heterocycles. The van der Waals surface area contributed by atoms with Gasteiger partial charge in [0, 0.05) is 45.8 Å². The fraction of sp³-hybridized carbons (Fsp3) is 0.348. The minimum Gasteiger partial charge on any atom is -0.748 e. The second-order valence-corrected chi connectivity index (χ2v) is 19.6. The fourth-order valence-corrected chi connectivity index (χ4v) is 10.4. The van der Waals surface area contributed by atoms with Gasteiger partial charge in [0.15, 0.2) is 5.71 Å². The summed E-state index contributed by atoms with van der Waals surface area (Å²) in [5, 5.41) is 4.59. The van der Waals surface area contributed by atoms with Crippen LogP contribution in [0.5, 0.6) is 0 Å². The van der Waals surface area contributed by atoms with Crippen LogP contribution in [-0.4, -0.2) is 55.1 Å². The van der Waals surface area contributed by atoms with Crippen LogP contribution in [0.4, 0.5) is 11.4 Å². The number of hydrogen-bond acceptors (Lipinski definition) is 7. The Hall–Kier alpha value is -1.06. The van der Waals surface area contributed by atoms with Crippen molar-refractivity contribution in [2.24, 2.45) is 0 Å². The van der Waals surface area contributed by atoms with E-state index in [0.717, 1.165) is 77.2 Å². The van der Waals surface area contributed by atoms with Gasteiger partial charge in [-0.3, -0.25) is 0 Å². The number of rotatable bonds is 12. The Kier molecular flexibility index (Phi) is 17.5. The molecule has 4 aromatic rings. The first-order valence-corrected chi connectivity index (χ1v) is 22.9. The third kappa shape index (κ3) is 10.4. The van der Waals surface area contributed by atoms with Gasteiger partial charge in [-0.1, -0.05) is 49.7 Å². The zero-order valence-electron chi connectivity index (χ0n) is 35.9. The van der Waals surface area contributed by atoms with Crippen LogP contribution in [0.1, 0.15) is 83.8 Å². The maximum atomic E-state index is 11.9. The van der Waals surface area contributed by atoms with Crippen LogP contribution >= 0.6 is 11.6 Å². The molecule has 60 heavy (non-hydrogen) atoms. The maximum absolute atomic E-state index is 11.9. The van der Waals surface area contributed by atoms with E-state index in [1.165, 1.54) is 39.9 Å². The van der Waals surface area contributed by atoms with Crippen molar-refractivity contribution in [3.05, 3.63) is 131 Å². The number of halogens is 1. The molecule has 4 aromatic carbocycles. The van der Waals surface area contributed by atoms with E-state index in [2.05, 4.69) is 92.7 Å². The molecule has 8 nitrogen and oxygen atoms in total. The molecule has 0 saturated carbocycles. The minimum absolute atomic E-state index is 0. The van der Waals surface area contributed by atoms with Crippen LogP contribution in [0.15, 0.2) is 112 Å². The summed E-state index contributed by atoms with van der Waals surface area (Å²) >= 11 is 7.27. The average Bonchev–Trinajstić information content (AvgIpc) is 3.51. The van der Waals surface area contributed by atoms with Gasteiger partial charge in [0.1, 0.15) is 16.7 Å². The molecule has 1 aliphatic carbocycles. The van der Waals surface area contributed by atoms with Crippen molar-refractivity contribution in [1.29, 1.82) is 0 Å². The number of nitrogens with zero attached hydrogens (tertiary/aromatic N) is 2. The molecule has 0 radical (unpaired) electrons. The van der Waals surface area contributed by atoms with Gasteiger partial charge in [-0.15, -0.1) is 16.8 Å². The van der Waals surface area contributed by atoms with Crippen LogP contribution in [0.3, 0.4) is 0 Å². The van der Waals surface area contributed by atoms with E-state index in [1.807, 2.05) is 18.2 Å². The SMILES string of the molecule is [CH2-]CCC[N+]1=C(/C=C/C2=C(Cl)C(=C/C=C3/N(CCCCS(=O)(=O)[O-])c4ccc5cc(S(=O)(=O)[O-])ccc5c4C3(C)C)/CCC2)C(C)(C)c2c1ccc1c[c-]ccc21.[Na+].[Na+].[Na+]. The van der Waals surface area contributed by atoms with Gasteiger partial charge in [0.2, 0.25) is 5.69 Å². The van der Waals surface area contributed by atoms with Crippen molar-refractivity contribution >= 4 is 70.5 Å². The van der Waals surface area contributed by atoms with Gasteiger partial charge in [0.05, 0.1) is 20.4 Å². The van der Waals surface area contributed by atoms with E-state index in [-0.39, 0.29) is 105 Å². The van der Waals surface area contributed by atoms with E-state index in [1.54, 1.807) is 12.1 Å². The van der Waals surface area contributed by atoms with Crippen molar-refractivity contribution in [3.63, 3.8) is 0 Å². The second kappa shape index (κ2) is 20.4. The molecule has 0 spiro atoms. The van der Waals surface area contributed by atoms with Gasteiger partial charge < -0.3 is 20.9 Å². The minimum atomic E-state index is -4.64. The summed E-state index contributed by atoms with van der Waals surface area (Å²) in [6.45, 7) is 14.2. The monoisotopic (exact) mass is 892 g/mol. The first-order valence-electron chi connectivity index (χ1n) is 19.5. The predicted octanol–water partition coefficient (Wildman–Crippen LogP) is 0.866. The van der Waals surface area contributed by atoms with Crippen LogP contribution in [0, 0.1) is 13.0 Å². The second-order valence-electron chi connectivity index (χ2n) is 16.3. The molecule has 0 fully saturated rings. The van der Waals surface area contributed by atoms with Crippen LogP contribution in [0.2, 0.25) is 0 Å². The van der Waals surface area contributed by atoms with Gasteiger partial charge in [0.25, 0.3) is 0 Å². The molecule has 0 amide bonds. The number of allylic oxidation sites excluding steroid dienone is 8. The summed E-state index contributed by atoms with van der Waals surface area (Å²) < 4.78 is 72.2. The van der Waals surface area contributed by atoms with E-state index in [9.17, 15) is 25.9 Å². The molecule has 300 valence electrons. The third-order valence-electron chi connectivity index (χ3n) is 11.8. The Balaban J connectivity index is 0.00000265. The summed E-state index contributed by atoms with van der Waals surface area (Å²) in [4.78, 5) is 1.87. The van der Waals surface area contributed by atoms with Gasteiger partial charge in [-0.2, -0.15) is 35.3 Å². The summed E-state index contributed by atoms with van der Waals surface area (Å²) in [5.74, 6) is -0.438. The average molecular weight is 893 g/mol. The molecule has 0 aromatic heterocycles. The van der Waals surface area contributed by atoms with E-state index < -0.39 is 31.4 Å². The standard InChI is InChI=1S/C46H50ClN2O6S2.3Na/c1-6-7-27-48-38-23-17-31-13-8-9-16-36(31)42(38)45(2,3)40(48)25-19-32-14-12-15-33(44(32)47)20-26-41-46(4,5)43-37-22-21-35(57(53,54)55)30-34(37)18-24-39(43)49(41)28-10-11-29-56(50,51)52;;;/h9,13,16-26,30H,1,6-7,10-12,14-15,27-29H2,2-5H3,(H,50,51,52)(H,53,54,55);;;/q-1;3*+1/p-2. The topological polar surface area (TPSA) is 121 Å². The first kappa shape index (κ1) is 51.6. The molecule has 3 aliphatic rings. The molecule has 0 unspecified atom stereocenters. The van der Waals surface area contributed by atoms with Crippen molar-refractivity contribution < 1.29 is 119 Å². The first-order chi connectivity index (χ1) is 26.9. The quantitative estimate of drug-likeness (QED) is 0.0682. The largest absolute Gasteiger partial charge is 1.00 e. The Morgan fingerprint density at radius 2 is 1.57 bits per heavy atom. The molecule has 2 heterocycles. The summed E-state index contributed by atoms with van der Waals surface area (Å²) in [5.41, 5.74) is 7.87. The van der Waals surface area contributed by atoms with Crippen molar-refractivity contribution in [3.8, 4) is 0 Å². The number of anilines is 1. The molecule has 0 bridgehead atoms. The van der Waals surface area contributed by atoms with Gasteiger partial charge >= 0.3 is 88.7 Å². The van der Waals surface area contributed by atoms with Crippen LogP contribution in [0.25, 0.3) is 21.5 Å². The molecule has 0 N–H and O–H groups in total. The summed E-state index contributed by atoms with van der Waals surface area (Å²) in [6, 6.07) is 22.0.